The van der Waals surface area contributed by atoms with Crippen molar-refractivity contribution in [3.8, 4) is 0 Å². The fourth-order valence-electron chi connectivity index (χ4n) is 3.83. The van der Waals surface area contributed by atoms with Gasteiger partial charge in [-0.25, -0.2) is 10.3 Å². The standard InChI is InChI=1S/C22H25FN4O.C2H6.H3NO/c1-28-22-17-9-8-16(27-20-7-4-10-25-21(20)24)12-18(17)15(13-26-22)11-14-5-2-3-6-19(14)23;2*1-2/h2-9,12,15,22,25-27H,10-11,13,24H2,1H3;1-2H3;2H,1H2. The topological polar surface area (TPSA) is 118 Å². The predicted molar refractivity (Wildman–Crippen MR) is 126 cm³/mol. The lowest BCUT2D eigenvalue weighted by Crippen LogP contribution is -2.35. The molecular formula is C24H34FN5O2. The number of benzene rings is 2. The molecule has 0 spiro atoms. The first kappa shape index (κ1) is 25.4. The summed E-state index contributed by atoms with van der Waals surface area (Å²) in [5, 5.41) is 16.4. The van der Waals surface area contributed by atoms with Crippen LogP contribution in [-0.2, 0) is 11.2 Å². The number of hydrogen-bond donors (Lipinski definition) is 6. The van der Waals surface area contributed by atoms with Crippen molar-refractivity contribution in [2.45, 2.75) is 32.4 Å². The van der Waals surface area contributed by atoms with Crippen molar-refractivity contribution in [3.63, 3.8) is 0 Å². The van der Waals surface area contributed by atoms with Crippen LogP contribution in [0, 0.1) is 5.82 Å². The Balaban J connectivity index is 0.000000860. The molecule has 32 heavy (non-hydrogen) atoms. The first-order valence-corrected chi connectivity index (χ1v) is 10.7. The quantitative estimate of drug-likeness (QED) is 0.392. The zero-order chi connectivity index (χ0) is 23.5. The molecule has 0 radical (unpaired) electrons. The van der Waals surface area contributed by atoms with Crippen LogP contribution in [-0.4, -0.2) is 25.4 Å². The number of anilines is 1. The highest BCUT2D eigenvalue weighted by atomic mass is 19.1. The van der Waals surface area contributed by atoms with E-state index >= 15 is 0 Å². The zero-order valence-corrected chi connectivity index (χ0v) is 18.9. The Morgan fingerprint density at radius 2 is 1.91 bits per heavy atom. The van der Waals surface area contributed by atoms with Gasteiger partial charge < -0.3 is 26.3 Å². The highest BCUT2D eigenvalue weighted by molar-refractivity contribution is 5.57. The van der Waals surface area contributed by atoms with E-state index in [1.807, 2.05) is 44.2 Å². The fourth-order valence-corrected chi connectivity index (χ4v) is 3.83. The molecule has 0 saturated carbocycles. The van der Waals surface area contributed by atoms with Crippen molar-refractivity contribution in [1.29, 1.82) is 0 Å². The molecule has 174 valence electrons. The maximum atomic E-state index is 14.2. The third-order valence-corrected chi connectivity index (χ3v) is 5.28. The van der Waals surface area contributed by atoms with Crippen molar-refractivity contribution in [3.05, 3.63) is 88.6 Å². The maximum Gasteiger partial charge on any atom is 0.134 e. The van der Waals surface area contributed by atoms with Crippen LogP contribution in [0.15, 0.2) is 66.1 Å². The van der Waals surface area contributed by atoms with Crippen LogP contribution in [0.3, 0.4) is 0 Å². The second kappa shape index (κ2) is 12.8. The van der Waals surface area contributed by atoms with E-state index in [1.54, 1.807) is 13.2 Å². The second-order valence-electron chi connectivity index (χ2n) is 7.10. The van der Waals surface area contributed by atoms with Crippen molar-refractivity contribution in [1.82, 2.24) is 10.6 Å². The van der Waals surface area contributed by atoms with Gasteiger partial charge in [0.15, 0.2) is 0 Å². The molecule has 2 aliphatic rings. The smallest absolute Gasteiger partial charge is 0.134 e. The minimum absolute atomic E-state index is 0.145. The Hall–Kier alpha value is -2.91. The van der Waals surface area contributed by atoms with Gasteiger partial charge in [-0.1, -0.05) is 44.2 Å². The number of nitrogens with two attached hydrogens (primary N) is 2. The number of allylic oxidation sites excluding steroid dienone is 1. The summed E-state index contributed by atoms with van der Waals surface area (Å²) < 4.78 is 19.8. The molecule has 2 aromatic rings. The van der Waals surface area contributed by atoms with E-state index in [0.717, 1.165) is 41.2 Å². The molecule has 2 aliphatic heterocycles. The van der Waals surface area contributed by atoms with E-state index in [9.17, 15) is 4.39 Å². The monoisotopic (exact) mass is 443 g/mol. The summed E-state index contributed by atoms with van der Waals surface area (Å²) in [6.07, 6.45) is 4.45. The summed E-state index contributed by atoms with van der Waals surface area (Å²) in [5.41, 5.74) is 10.8. The molecule has 0 bridgehead atoms. The SMILES string of the molecule is CC.COC1NCC(Cc2ccccc2F)c2cc(NC3=C(N)NCC=C3)ccc21.NO. The molecule has 8 heteroatoms. The number of rotatable bonds is 5. The molecule has 0 amide bonds. The normalized spacial score (nSPS) is 18.9. The van der Waals surface area contributed by atoms with Gasteiger partial charge in [-0.2, -0.15) is 0 Å². The first-order chi connectivity index (χ1) is 15.7. The summed E-state index contributed by atoms with van der Waals surface area (Å²) >= 11 is 0. The lowest BCUT2D eigenvalue weighted by atomic mass is 9.85. The van der Waals surface area contributed by atoms with E-state index in [2.05, 4.69) is 34.0 Å². The lowest BCUT2D eigenvalue weighted by Gasteiger charge is -2.32. The highest BCUT2D eigenvalue weighted by Crippen LogP contribution is 2.35. The third kappa shape index (κ3) is 6.08. The molecule has 2 aromatic carbocycles. The van der Waals surface area contributed by atoms with Gasteiger partial charge in [-0.3, -0.25) is 5.32 Å². The fraction of sp³-hybridized carbons (Fsp3) is 0.333. The average Bonchev–Trinajstić information content (AvgIpc) is 2.85. The summed E-state index contributed by atoms with van der Waals surface area (Å²) in [6, 6.07) is 13.2. The Kier molecular flexibility index (Phi) is 10.2. The molecule has 2 heterocycles. The van der Waals surface area contributed by atoms with Crippen molar-refractivity contribution in [2.24, 2.45) is 11.6 Å². The van der Waals surface area contributed by atoms with Crippen LogP contribution in [0.5, 0.6) is 0 Å². The van der Waals surface area contributed by atoms with Crippen LogP contribution in [0.4, 0.5) is 10.1 Å². The summed E-state index contributed by atoms with van der Waals surface area (Å²) in [4.78, 5) is 0. The molecular weight excluding hydrogens is 409 g/mol. The van der Waals surface area contributed by atoms with Gasteiger partial charge in [0, 0.05) is 31.8 Å². The Morgan fingerprint density at radius 1 is 1.16 bits per heavy atom. The van der Waals surface area contributed by atoms with E-state index in [1.165, 1.54) is 6.07 Å². The van der Waals surface area contributed by atoms with Crippen LogP contribution >= 0.6 is 0 Å². The van der Waals surface area contributed by atoms with E-state index in [4.69, 9.17) is 15.7 Å². The average molecular weight is 444 g/mol. The summed E-state index contributed by atoms with van der Waals surface area (Å²) in [6.45, 7) is 5.45. The van der Waals surface area contributed by atoms with E-state index in [-0.39, 0.29) is 18.0 Å². The van der Waals surface area contributed by atoms with Crippen LogP contribution in [0.2, 0.25) is 0 Å². The minimum atomic E-state index is -0.165. The molecule has 7 nitrogen and oxygen atoms in total. The van der Waals surface area contributed by atoms with Crippen LogP contribution < -0.4 is 27.6 Å². The number of halogens is 1. The molecule has 2 unspecified atom stereocenters. The van der Waals surface area contributed by atoms with Gasteiger partial charge >= 0.3 is 0 Å². The summed E-state index contributed by atoms with van der Waals surface area (Å²) in [5.74, 6) is 4.11. The lowest BCUT2D eigenvalue weighted by molar-refractivity contribution is 0.0648. The van der Waals surface area contributed by atoms with Crippen molar-refractivity contribution < 1.29 is 14.3 Å². The van der Waals surface area contributed by atoms with Crippen molar-refractivity contribution >= 4 is 5.69 Å². The number of ether oxygens (including phenoxy) is 1. The molecule has 0 saturated heterocycles. The number of dihydropyridines is 1. The maximum absolute atomic E-state index is 14.2. The molecule has 4 rings (SSSR count). The third-order valence-electron chi connectivity index (χ3n) is 5.28. The van der Waals surface area contributed by atoms with Gasteiger partial charge in [0.2, 0.25) is 0 Å². The van der Waals surface area contributed by atoms with E-state index < -0.39 is 0 Å². The molecule has 0 aromatic heterocycles. The molecule has 8 N–H and O–H groups in total. The van der Waals surface area contributed by atoms with Gasteiger partial charge in [0.1, 0.15) is 17.9 Å². The number of hydrogen-bond acceptors (Lipinski definition) is 7. The molecule has 2 atom stereocenters. The number of nitrogens with one attached hydrogen (secondary N) is 3. The van der Waals surface area contributed by atoms with Crippen LogP contribution in [0.1, 0.15) is 42.7 Å². The second-order valence-corrected chi connectivity index (χ2v) is 7.10. The largest absolute Gasteiger partial charge is 0.384 e. The predicted octanol–water partition coefficient (Wildman–Crippen LogP) is 3.46. The van der Waals surface area contributed by atoms with Gasteiger partial charge in [-0.15, -0.1) is 0 Å². The molecule has 0 fully saturated rings. The van der Waals surface area contributed by atoms with Gasteiger partial charge in [0.25, 0.3) is 0 Å². The molecule has 0 aliphatic carbocycles. The van der Waals surface area contributed by atoms with Gasteiger partial charge in [0.05, 0.1) is 5.70 Å². The summed E-state index contributed by atoms with van der Waals surface area (Å²) in [7, 11) is 1.69. The number of methoxy groups -OCH3 is 1. The Labute approximate surface area is 189 Å². The zero-order valence-electron chi connectivity index (χ0n) is 18.9. The minimum Gasteiger partial charge on any atom is -0.384 e. The Bertz CT molecular complexity index is 932. The van der Waals surface area contributed by atoms with Crippen LogP contribution in [0.25, 0.3) is 0 Å². The first-order valence-electron chi connectivity index (χ1n) is 10.7. The van der Waals surface area contributed by atoms with Gasteiger partial charge in [-0.05, 0) is 47.4 Å². The Morgan fingerprint density at radius 3 is 2.59 bits per heavy atom. The number of fused-ring (bicyclic) bond motifs is 1. The van der Waals surface area contributed by atoms with E-state index in [0.29, 0.717) is 12.2 Å². The highest BCUT2D eigenvalue weighted by Gasteiger charge is 2.28. The van der Waals surface area contributed by atoms with Crippen molar-refractivity contribution in [2.75, 3.05) is 25.5 Å².